The van der Waals surface area contributed by atoms with Crippen LogP contribution < -0.4 is 5.32 Å². The molecule has 2 heteroatoms. The number of rotatable bonds is 6. The highest BCUT2D eigenvalue weighted by molar-refractivity contribution is 5.76. The van der Waals surface area contributed by atoms with Crippen LogP contribution in [0.1, 0.15) is 43.4 Å². The lowest BCUT2D eigenvalue weighted by molar-refractivity contribution is -0.121. The number of carbonyl (C=O) groups is 1. The molecule has 0 saturated carbocycles. The Morgan fingerprint density at radius 2 is 2.00 bits per heavy atom. The minimum atomic E-state index is 0.163. The summed E-state index contributed by atoms with van der Waals surface area (Å²) < 4.78 is 0. The van der Waals surface area contributed by atoms with Gasteiger partial charge < -0.3 is 5.32 Å². The molecule has 1 aromatic carbocycles. The van der Waals surface area contributed by atoms with Gasteiger partial charge in [-0.15, -0.1) is 0 Å². The SMILES string of the molecule is Cc1ccc(CCC(=O)NCCC(C)C)c(C)c1. The highest BCUT2D eigenvalue weighted by Gasteiger charge is 2.04. The average molecular weight is 247 g/mol. The van der Waals surface area contributed by atoms with Crippen LogP contribution in [0.4, 0.5) is 0 Å². The van der Waals surface area contributed by atoms with Gasteiger partial charge in [0.25, 0.3) is 0 Å². The minimum Gasteiger partial charge on any atom is -0.356 e. The van der Waals surface area contributed by atoms with Gasteiger partial charge in [-0.3, -0.25) is 4.79 Å². The van der Waals surface area contributed by atoms with Crippen molar-refractivity contribution in [2.75, 3.05) is 6.54 Å². The fourth-order valence-corrected chi connectivity index (χ4v) is 1.96. The molecule has 18 heavy (non-hydrogen) atoms. The van der Waals surface area contributed by atoms with E-state index < -0.39 is 0 Å². The van der Waals surface area contributed by atoms with Crippen molar-refractivity contribution < 1.29 is 4.79 Å². The largest absolute Gasteiger partial charge is 0.356 e. The van der Waals surface area contributed by atoms with Gasteiger partial charge in [0.1, 0.15) is 0 Å². The minimum absolute atomic E-state index is 0.163. The molecule has 0 saturated heterocycles. The second-order valence-electron chi connectivity index (χ2n) is 5.46. The quantitative estimate of drug-likeness (QED) is 0.820. The van der Waals surface area contributed by atoms with E-state index in [1.165, 1.54) is 16.7 Å². The zero-order chi connectivity index (χ0) is 13.5. The summed E-state index contributed by atoms with van der Waals surface area (Å²) in [6, 6.07) is 6.41. The molecule has 0 aliphatic heterocycles. The summed E-state index contributed by atoms with van der Waals surface area (Å²) in [4.78, 5) is 11.7. The first-order valence-corrected chi connectivity index (χ1v) is 6.82. The summed E-state index contributed by atoms with van der Waals surface area (Å²) in [6.07, 6.45) is 2.47. The van der Waals surface area contributed by atoms with Crippen LogP contribution in [0, 0.1) is 19.8 Å². The predicted molar refractivity (Wildman–Crippen MR) is 76.7 cm³/mol. The molecule has 1 aromatic rings. The third kappa shape index (κ3) is 5.35. The van der Waals surface area contributed by atoms with Gasteiger partial charge in [0.15, 0.2) is 0 Å². The molecular weight excluding hydrogens is 222 g/mol. The third-order valence-corrected chi connectivity index (χ3v) is 3.16. The third-order valence-electron chi connectivity index (χ3n) is 3.16. The zero-order valence-electron chi connectivity index (χ0n) is 12.0. The Labute approximate surface area is 111 Å². The van der Waals surface area contributed by atoms with E-state index in [1.807, 2.05) is 0 Å². The number of benzene rings is 1. The molecular formula is C16H25NO. The van der Waals surface area contributed by atoms with Crippen LogP contribution in [0.5, 0.6) is 0 Å². The van der Waals surface area contributed by atoms with Crippen LogP contribution in [-0.4, -0.2) is 12.5 Å². The molecule has 0 bridgehead atoms. The highest BCUT2D eigenvalue weighted by atomic mass is 16.1. The lowest BCUT2D eigenvalue weighted by atomic mass is 10.0. The van der Waals surface area contributed by atoms with E-state index in [9.17, 15) is 4.79 Å². The monoisotopic (exact) mass is 247 g/mol. The van der Waals surface area contributed by atoms with Gasteiger partial charge in [-0.2, -0.15) is 0 Å². The number of nitrogens with one attached hydrogen (secondary N) is 1. The summed E-state index contributed by atoms with van der Waals surface area (Å²) in [5.74, 6) is 0.806. The Hall–Kier alpha value is -1.31. The second kappa shape index (κ2) is 7.20. The van der Waals surface area contributed by atoms with E-state index in [0.29, 0.717) is 12.3 Å². The van der Waals surface area contributed by atoms with Crippen LogP contribution in [0.25, 0.3) is 0 Å². The molecule has 0 heterocycles. The molecule has 0 atom stereocenters. The maximum absolute atomic E-state index is 11.7. The average Bonchev–Trinajstić information content (AvgIpc) is 2.27. The van der Waals surface area contributed by atoms with Crippen molar-refractivity contribution in [3.05, 3.63) is 34.9 Å². The molecule has 0 spiro atoms. The number of hydrogen-bond donors (Lipinski definition) is 1. The van der Waals surface area contributed by atoms with Crippen molar-refractivity contribution in [1.82, 2.24) is 5.32 Å². The van der Waals surface area contributed by atoms with Gasteiger partial charge in [-0.25, -0.2) is 0 Å². The highest BCUT2D eigenvalue weighted by Crippen LogP contribution is 2.12. The van der Waals surface area contributed by atoms with E-state index in [4.69, 9.17) is 0 Å². The van der Waals surface area contributed by atoms with E-state index in [0.717, 1.165) is 19.4 Å². The van der Waals surface area contributed by atoms with Crippen molar-refractivity contribution in [3.8, 4) is 0 Å². The Kier molecular flexibility index (Phi) is 5.90. The standard InChI is InChI=1S/C16H25NO/c1-12(2)9-10-17-16(18)8-7-15-6-5-13(3)11-14(15)4/h5-6,11-12H,7-10H2,1-4H3,(H,17,18). The molecule has 0 aromatic heterocycles. The summed E-state index contributed by atoms with van der Waals surface area (Å²) in [5, 5.41) is 2.98. The molecule has 1 N–H and O–H groups in total. The summed E-state index contributed by atoms with van der Waals surface area (Å²) in [7, 11) is 0. The Morgan fingerprint density at radius 1 is 1.28 bits per heavy atom. The first kappa shape index (κ1) is 14.7. The maximum atomic E-state index is 11.7. The van der Waals surface area contributed by atoms with E-state index in [2.05, 4.69) is 51.2 Å². The number of carbonyl (C=O) groups excluding carboxylic acids is 1. The van der Waals surface area contributed by atoms with Gasteiger partial charge in [-0.1, -0.05) is 37.6 Å². The summed E-state index contributed by atoms with van der Waals surface area (Å²) in [6.45, 7) is 9.33. The fourth-order valence-electron chi connectivity index (χ4n) is 1.96. The Bertz CT molecular complexity index is 396. The molecule has 0 radical (unpaired) electrons. The van der Waals surface area contributed by atoms with Crippen molar-refractivity contribution >= 4 is 5.91 Å². The lowest BCUT2D eigenvalue weighted by Gasteiger charge is -2.09. The van der Waals surface area contributed by atoms with Gasteiger partial charge in [0.2, 0.25) is 5.91 Å². The van der Waals surface area contributed by atoms with Crippen LogP contribution in [-0.2, 0) is 11.2 Å². The second-order valence-corrected chi connectivity index (χ2v) is 5.46. The van der Waals surface area contributed by atoms with Gasteiger partial charge in [0.05, 0.1) is 0 Å². The van der Waals surface area contributed by atoms with Crippen LogP contribution in [0.15, 0.2) is 18.2 Å². The van der Waals surface area contributed by atoms with E-state index in [-0.39, 0.29) is 5.91 Å². The molecule has 0 fully saturated rings. The zero-order valence-corrected chi connectivity index (χ0v) is 12.0. The summed E-state index contributed by atoms with van der Waals surface area (Å²) >= 11 is 0. The van der Waals surface area contributed by atoms with Crippen LogP contribution in [0.2, 0.25) is 0 Å². The smallest absolute Gasteiger partial charge is 0.220 e. The van der Waals surface area contributed by atoms with Crippen molar-refractivity contribution in [1.29, 1.82) is 0 Å². The normalized spacial score (nSPS) is 10.7. The molecule has 1 amide bonds. The lowest BCUT2D eigenvalue weighted by Crippen LogP contribution is -2.25. The van der Waals surface area contributed by atoms with Crippen molar-refractivity contribution in [2.24, 2.45) is 5.92 Å². The first-order valence-electron chi connectivity index (χ1n) is 6.82. The molecule has 2 nitrogen and oxygen atoms in total. The van der Waals surface area contributed by atoms with Gasteiger partial charge in [-0.05, 0) is 43.7 Å². The van der Waals surface area contributed by atoms with Crippen LogP contribution in [0.3, 0.4) is 0 Å². The molecule has 100 valence electrons. The molecule has 0 aliphatic carbocycles. The molecule has 0 aliphatic rings. The Morgan fingerprint density at radius 3 is 2.61 bits per heavy atom. The van der Waals surface area contributed by atoms with Crippen molar-refractivity contribution in [3.63, 3.8) is 0 Å². The van der Waals surface area contributed by atoms with Gasteiger partial charge >= 0.3 is 0 Å². The number of amides is 1. The molecule has 0 unspecified atom stereocenters. The Balaban J connectivity index is 2.33. The topological polar surface area (TPSA) is 29.1 Å². The first-order chi connectivity index (χ1) is 8.49. The van der Waals surface area contributed by atoms with E-state index in [1.54, 1.807) is 0 Å². The van der Waals surface area contributed by atoms with E-state index >= 15 is 0 Å². The fraction of sp³-hybridized carbons (Fsp3) is 0.562. The predicted octanol–water partition coefficient (Wildman–Crippen LogP) is 3.40. The molecule has 1 rings (SSSR count). The number of aryl methyl sites for hydroxylation is 3. The maximum Gasteiger partial charge on any atom is 0.220 e. The van der Waals surface area contributed by atoms with Crippen molar-refractivity contribution in [2.45, 2.75) is 47.0 Å². The number of hydrogen-bond acceptors (Lipinski definition) is 1. The van der Waals surface area contributed by atoms with Gasteiger partial charge in [0, 0.05) is 13.0 Å². The van der Waals surface area contributed by atoms with Crippen LogP contribution >= 0.6 is 0 Å². The summed E-state index contributed by atoms with van der Waals surface area (Å²) in [5.41, 5.74) is 3.84.